The number of nitro groups is 1. The van der Waals surface area contributed by atoms with E-state index < -0.39 is 16.4 Å². The summed E-state index contributed by atoms with van der Waals surface area (Å²) < 4.78 is 10.6. The largest absolute Gasteiger partial charge is 0.493 e. The van der Waals surface area contributed by atoms with E-state index in [9.17, 15) is 14.9 Å². The fourth-order valence-electron chi connectivity index (χ4n) is 1.63. The van der Waals surface area contributed by atoms with Gasteiger partial charge in [-0.2, -0.15) is 0 Å². The van der Waals surface area contributed by atoms with E-state index in [4.69, 9.17) is 15.2 Å². The predicted octanol–water partition coefficient (Wildman–Crippen LogP) is 0.836. The van der Waals surface area contributed by atoms with E-state index in [1.54, 1.807) is 14.0 Å². The summed E-state index contributed by atoms with van der Waals surface area (Å²) >= 11 is 0. The summed E-state index contributed by atoms with van der Waals surface area (Å²) in [6.07, 6.45) is 0.346. The number of nitrogens with one attached hydrogen (secondary N) is 1. The molecule has 1 amide bonds. The highest BCUT2D eigenvalue weighted by molar-refractivity contribution is 5.84. The number of hydrogen-bond donors (Lipinski definition) is 2. The molecule has 8 heteroatoms. The minimum Gasteiger partial charge on any atom is -0.493 e. The Balaban J connectivity index is 2.76. The molecule has 1 atom stereocenters. The van der Waals surface area contributed by atoms with Crippen molar-refractivity contribution in [2.75, 3.05) is 20.8 Å². The molecule has 3 N–H and O–H groups in total. The molecule has 1 unspecified atom stereocenters. The molecule has 1 aromatic rings. The second-order valence-electron chi connectivity index (χ2n) is 4.64. The van der Waals surface area contributed by atoms with Crippen LogP contribution in [-0.2, 0) is 4.79 Å². The summed E-state index contributed by atoms with van der Waals surface area (Å²) in [7, 11) is 3.03. The van der Waals surface area contributed by atoms with Gasteiger partial charge < -0.3 is 20.5 Å². The fraction of sp³-hybridized carbons (Fsp3) is 0.462. The lowest BCUT2D eigenvalue weighted by molar-refractivity contribution is -0.385. The van der Waals surface area contributed by atoms with Crippen molar-refractivity contribution in [2.45, 2.75) is 18.9 Å². The van der Waals surface area contributed by atoms with Crippen molar-refractivity contribution in [1.29, 1.82) is 0 Å². The number of carbonyl (C=O) groups is 1. The lowest BCUT2D eigenvalue weighted by Crippen LogP contribution is -2.52. The quantitative estimate of drug-likeness (QED) is 0.542. The number of nitrogens with zero attached hydrogens (tertiary/aromatic N) is 1. The van der Waals surface area contributed by atoms with Crippen LogP contribution in [0.1, 0.15) is 13.3 Å². The van der Waals surface area contributed by atoms with E-state index in [1.165, 1.54) is 25.3 Å². The maximum atomic E-state index is 11.3. The summed E-state index contributed by atoms with van der Waals surface area (Å²) in [6.45, 7) is 1.88. The number of hydrogen-bond acceptors (Lipinski definition) is 6. The molecule has 0 aliphatic rings. The maximum absolute atomic E-state index is 11.3. The summed E-state index contributed by atoms with van der Waals surface area (Å²) in [5, 5.41) is 13.5. The Kier molecular flexibility index (Phi) is 5.48. The molecule has 0 bridgehead atoms. The number of carbonyl (C=O) groups excluding carboxylic acids is 1. The third-order valence-electron chi connectivity index (χ3n) is 3.31. The molecular formula is C13H19N3O5. The number of non-ortho nitro benzene ring substituents is 1. The molecule has 0 fully saturated rings. The lowest BCUT2D eigenvalue weighted by Gasteiger charge is -2.25. The van der Waals surface area contributed by atoms with Gasteiger partial charge in [-0.05, 0) is 20.0 Å². The molecule has 116 valence electrons. The van der Waals surface area contributed by atoms with Gasteiger partial charge in [-0.25, -0.2) is 0 Å². The first-order chi connectivity index (χ1) is 9.84. The van der Waals surface area contributed by atoms with Gasteiger partial charge in [0, 0.05) is 12.5 Å². The van der Waals surface area contributed by atoms with Crippen LogP contribution >= 0.6 is 0 Å². The molecule has 0 saturated carbocycles. The van der Waals surface area contributed by atoms with Crippen LogP contribution in [0.25, 0.3) is 0 Å². The van der Waals surface area contributed by atoms with E-state index in [2.05, 4.69) is 5.32 Å². The van der Waals surface area contributed by atoms with Crippen molar-refractivity contribution in [2.24, 2.45) is 5.73 Å². The van der Waals surface area contributed by atoms with Crippen LogP contribution in [0.2, 0.25) is 0 Å². The van der Waals surface area contributed by atoms with Gasteiger partial charge in [0.25, 0.3) is 5.69 Å². The van der Waals surface area contributed by atoms with Crippen molar-refractivity contribution >= 4 is 11.6 Å². The number of methoxy groups -OCH3 is 1. The summed E-state index contributed by atoms with van der Waals surface area (Å²) in [5.41, 5.74) is 4.35. The number of primary amides is 1. The first-order valence-corrected chi connectivity index (χ1v) is 6.28. The SMILES string of the molecule is CNC(C)(CCOc1ccc([N+](=O)[O-])cc1OC)C(N)=O. The van der Waals surface area contributed by atoms with Gasteiger partial charge >= 0.3 is 0 Å². The minimum atomic E-state index is -0.881. The Hall–Kier alpha value is -2.35. The highest BCUT2D eigenvalue weighted by Crippen LogP contribution is 2.31. The lowest BCUT2D eigenvalue weighted by atomic mass is 9.98. The Labute approximate surface area is 122 Å². The molecular weight excluding hydrogens is 278 g/mol. The second-order valence-corrected chi connectivity index (χ2v) is 4.64. The van der Waals surface area contributed by atoms with E-state index in [-0.39, 0.29) is 18.0 Å². The molecule has 1 aromatic carbocycles. The number of likely N-dealkylation sites (N-methyl/N-ethyl adjacent to an activating group) is 1. The van der Waals surface area contributed by atoms with E-state index in [0.29, 0.717) is 12.2 Å². The van der Waals surface area contributed by atoms with Gasteiger partial charge in [0.05, 0.1) is 30.2 Å². The maximum Gasteiger partial charge on any atom is 0.273 e. The monoisotopic (exact) mass is 297 g/mol. The normalized spacial score (nSPS) is 13.3. The average molecular weight is 297 g/mol. The van der Waals surface area contributed by atoms with Crippen LogP contribution in [0.4, 0.5) is 5.69 Å². The number of ether oxygens (including phenoxy) is 2. The smallest absolute Gasteiger partial charge is 0.273 e. The first-order valence-electron chi connectivity index (χ1n) is 6.28. The van der Waals surface area contributed by atoms with Gasteiger partial charge in [0.2, 0.25) is 5.91 Å². The molecule has 0 aromatic heterocycles. The summed E-state index contributed by atoms with van der Waals surface area (Å²) in [4.78, 5) is 21.5. The van der Waals surface area contributed by atoms with Gasteiger partial charge in [-0.15, -0.1) is 0 Å². The van der Waals surface area contributed by atoms with Crippen LogP contribution in [0.5, 0.6) is 11.5 Å². The topological polar surface area (TPSA) is 117 Å². The molecule has 21 heavy (non-hydrogen) atoms. The number of nitro benzene ring substituents is 1. The van der Waals surface area contributed by atoms with E-state index in [1.807, 2.05) is 0 Å². The van der Waals surface area contributed by atoms with Crippen molar-refractivity contribution in [3.8, 4) is 11.5 Å². The standard InChI is InChI=1S/C13H19N3O5/c1-13(15-2,12(14)17)6-7-21-10-5-4-9(16(18)19)8-11(10)20-3/h4-5,8,15H,6-7H2,1-3H3,(H2,14,17). The van der Waals surface area contributed by atoms with Crippen molar-refractivity contribution in [3.05, 3.63) is 28.3 Å². The molecule has 0 radical (unpaired) electrons. The Morgan fingerprint density at radius 3 is 2.62 bits per heavy atom. The number of rotatable bonds is 8. The Bertz CT molecular complexity index is 535. The molecule has 0 saturated heterocycles. The third kappa shape index (κ3) is 4.06. The van der Waals surface area contributed by atoms with Gasteiger partial charge in [-0.3, -0.25) is 14.9 Å². The summed E-state index contributed by atoms with van der Waals surface area (Å²) in [6, 6.07) is 4.06. The zero-order chi connectivity index (χ0) is 16.0. The van der Waals surface area contributed by atoms with Crippen molar-refractivity contribution < 1.29 is 19.2 Å². The predicted molar refractivity (Wildman–Crippen MR) is 76.4 cm³/mol. The molecule has 0 aliphatic carbocycles. The highest BCUT2D eigenvalue weighted by Gasteiger charge is 2.28. The molecule has 0 heterocycles. The average Bonchev–Trinajstić information content (AvgIpc) is 2.46. The highest BCUT2D eigenvalue weighted by atomic mass is 16.6. The molecule has 0 spiro atoms. The zero-order valence-corrected chi connectivity index (χ0v) is 12.2. The Morgan fingerprint density at radius 2 is 2.14 bits per heavy atom. The minimum absolute atomic E-state index is 0.0867. The van der Waals surface area contributed by atoms with Crippen LogP contribution < -0.4 is 20.5 Å². The van der Waals surface area contributed by atoms with Crippen LogP contribution in [-0.4, -0.2) is 37.1 Å². The molecule has 0 aliphatic heterocycles. The van der Waals surface area contributed by atoms with Crippen molar-refractivity contribution in [1.82, 2.24) is 5.32 Å². The van der Waals surface area contributed by atoms with Gasteiger partial charge in [0.15, 0.2) is 11.5 Å². The third-order valence-corrected chi connectivity index (χ3v) is 3.31. The number of nitrogens with two attached hydrogens (primary N) is 1. The van der Waals surface area contributed by atoms with Gasteiger partial charge in [-0.1, -0.05) is 0 Å². The zero-order valence-electron chi connectivity index (χ0n) is 12.2. The Morgan fingerprint density at radius 1 is 1.48 bits per heavy atom. The first kappa shape index (κ1) is 16.7. The van der Waals surface area contributed by atoms with Crippen LogP contribution in [0.15, 0.2) is 18.2 Å². The van der Waals surface area contributed by atoms with Crippen LogP contribution in [0.3, 0.4) is 0 Å². The van der Waals surface area contributed by atoms with Crippen LogP contribution in [0, 0.1) is 10.1 Å². The fourth-order valence-corrected chi connectivity index (χ4v) is 1.63. The van der Waals surface area contributed by atoms with Crippen molar-refractivity contribution in [3.63, 3.8) is 0 Å². The second kappa shape index (κ2) is 6.89. The summed E-state index contributed by atoms with van der Waals surface area (Å²) in [5.74, 6) is 0.143. The molecule has 1 rings (SSSR count). The van der Waals surface area contributed by atoms with Gasteiger partial charge in [0.1, 0.15) is 0 Å². The number of benzene rings is 1. The number of amides is 1. The van der Waals surface area contributed by atoms with E-state index in [0.717, 1.165) is 0 Å². The van der Waals surface area contributed by atoms with E-state index >= 15 is 0 Å². The molecule has 8 nitrogen and oxygen atoms in total.